The lowest BCUT2D eigenvalue weighted by Crippen LogP contribution is -2.42. The number of aromatic hydroxyl groups is 1. The van der Waals surface area contributed by atoms with Crippen LogP contribution in [0.3, 0.4) is 0 Å². The van der Waals surface area contributed by atoms with Crippen molar-refractivity contribution in [1.82, 2.24) is 9.88 Å². The Labute approximate surface area is 190 Å². The number of H-pyrrole nitrogens is 1. The van der Waals surface area contributed by atoms with Crippen LogP contribution >= 0.6 is 23.1 Å². The number of thioether (sulfide) groups is 1. The van der Waals surface area contributed by atoms with Gasteiger partial charge in [-0.05, 0) is 30.2 Å². The van der Waals surface area contributed by atoms with E-state index in [2.05, 4.69) is 4.98 Å². The number of rotatable bonds is 4. The Morgan fingerprint density at radius 2 is 1.84 bits per heavy atom. The van der Waals surface area contributed by atoms with Crippen LogP contribution in [0.1, 0.15) is 29.2 Å². The average Bonchev–Trinajstić information content (AvgIpc) is 3.46. The summed E-state index contributed by atoms with van der Waals surface area (Å²) in [6.45, 7) is -0.0918. The Morgan fingerprint density at radius 3 is 2.56 bits per heavy atom. The number of hydrogen-bond acceptors (Lipinski definition) is 7. The molecule has 166 valence electrons. The zero-order chi connectivity index (χ0) is 22.3. The number of carbonyl (C=O) groups excluding carboxylic acids is 2. The predicted molar refractivity (Wildman–Crippen MR) is 116 cm³/mol. The molecule has 2 bridgehead atoms. The molecule has 6 rings (SSSR count). The third kappa shape index (κ3) is 2.62. The lowest BCUT2D eigenvalue weighted by molar-refractivity contribution is -0.142. The number of phenols is 1. The quantitative estimate of drug-likeness (QED) is 0.582. The summed E-state index contributed by atoms with van der Waals surface area (Å²) in [5, 5.41) is 20.5. The van der Waals surface area contributed by atoms with Crippen molar-refractivity contribution in [1.29, 1.82) is 0 Å². The molecule has 8 nitrogen and oxygen atoms in total. The van der Waals surface area contributed by atoms with Crippen LogP contribution in [0.25, 0.3) is 0 Å². The number of carboxylic acid groups (broad SMARTS) is 1. The summed E-state index contributed by atoms with van der Waals surface area (Å²) in [6, 6.07) is 7.11. The monoisotopic (exact) mass is 472 g/mol. The lowest BCUT2D eigenvalue weighted by Gasteiger charge is -2.43. The number of fused-ring (bicyclic) bond motifs is 9. The third-order valence-electron chi connectivity index (χ3n) is 7.64. The number of imide groups is 1. The molecule has 3 fully saturated rings. The van der Waals surface area contributed by atoms with Crippen LogP contribution in [-0.4, -0.2) is 49.7 Å². The lowest BCUT2D eigenvalue weighted by atomic mass is 9.68. The number of thiazole rings is 1. The second kappa shape index (κ2) is 6.95. The molecule has 32 heavy (non-hydrogen) atoms. The number of aromatic amines is 1. The number of carbonyl (C=O) groups is 3. The molecule has 1 saturated heterocycles. The highest BCUT2D eigenvalue weighted by molar-refractivity contribution is 8.00. The van der Waals surface area contributed by atoms with Gasteiger partial charge in [0.15, 0.2) is 0 Å². The third-order valence-corrected chi connectivity index (χ3v) is 10.2. The van der Waals surface area contributed by atoms with E-state index in [0.717, 1.165) is 38.1 Å². The van der Waals surface area contributed by atoms with Crippen LogP contribution in [0.5, 0.6) is 5.75 Å². The SMILES string of the molecule is O=C(O)CCN1C(=O)C2C3CC(C2C1=O)C1C(c2ccccc2O)c2sc(=O)[nH]c2SC31. The van der Waals surface area contributed by atoms with Crippen LogP contribution in [0, 0.1) is 29.6 Å². The van der Waals surface area contributed by atoms with Gasteiger partial charge in [0.1, 0.15) is 5.75 Å². The first kappa shape index (κ1) is 20.0. The molecule has 4 aliphatic rings. The van der Waals surface area contributed by atoms with E-state index < -0.39 is 17.8 Å². The van der Waals surface area contributed by atoms with Crippen molar-refractivity contribution in [3.63, 3.8) is 0 Å². The molecule has 2 amide bonds. The van der Waals surface area contributed by atoms with Crippen molar-refractivity contribution in [2.45, 2.75) is 29.0 Å². The fraction of sp³-hybridized carbons (Fsp3) is 0.455. The largest absolute Gasteiger partial charge is 0.508 e. The predicted octanol–water partition coefficient (Wildman–Crippen LogP) is 2.09. The van der Waals surface area contributed by atoms with E-state index in [4.69, 9.17) is 5.11 Å². The minimum atomic E-state index is -1.04. The molecule has 10 heteroatoms. The first-order valence-corrected chi connectivity index (χ1v) is 12.3. The number of nitrogens with one attached hydrogen (secondary N) is 1. The molecule has 0 radical (unpaired) electrons. The molecule has 3 N–H and O–H groups in total. The highest BCUT2D eigenvalue weighted by Crippen LogP contribution is 2.68. The Bertz CT molecular complexity index is 1220. The normalized spacial score (nSPS) is 34.5. The van der Waals surface area contributed by atoms with Crippen LogP contribution in [0.4, 0.5) is 0 Å². The summed E-state index contributed by atoms with van der Waals surface area (Å²) in [5.74, 6) is -2.56. The molecule has 1 aromatic carbocycles. The second-order valence-electron chi connectivity index (χ2n) is 8.99. The van der Waals surface area contributed by atoms with Crippen LogP contribution in [0.2, 0.25) is 0 Å². The maximum atomic E-state index is 13.2. The van der Waals surface area contributed by atoms with Crippen LogP contribution in [-0.2, 0) is 14.4 Å². The number of phenolic OH excluding ortho intramolecular Hbond substituents is 1. The van der Waals surface area contributed by atoms with E-state index >= 15 is 0 Å². The Hall–Kier alpha value is -2.59. The number of aliphatic carboxylic acids is 1. The van der Waals surface area contributed by atoms with E-state index in [-0.39, 0.29) is 64.3 Å². The number of nitrogens with zero attached hydrogens (tertiary/aromatic N) is 1. The maximum Gasteiger partial charge on any atom is 0.305 e. The molecule has 2 aliphatic heterocycles. The number of aromatic nitrogens is 1. The molecule has 3 heterocycles. The molecule has 7 unspecified atom stereocenters. The highest BCUT2D eigenvalue weighted by Gasteiger charge is 2.69. The first-order chi connectivity index (χ1) is 15.4. The number of likely N-dealkylation sites (tertiary alicyclic amines) is 1. The number of benzene rings is 1. The van der Waals surface area contributed by atoms with Gasteiger partial charge in [-0.3, -0.25) is 24.1 Å². The van der Waals surface area contributed by atoms with Gasteiger partial charge < -0.3 is 15.2 Å². The molecule has 2 saturated carbocycles. The summed E-state index contributed by atoms with van der Waals surface area (Å²) in [4.78, 5) is 54.4. The van der Waals surface area contributed by atoms with E-state index in [1.807, 2.05) is 12.1 Å². The van der Waals surface area contributed by atoms with Crippen molar-refractivity contribution in [3.05, 3.63) is 44.4 Å². The van der Waals surface area contributed by atoms with Crippen molar-refractivity contribution in [3.8, 4) is 5.75 Å². The summed E-state index contributed by atoms with van der Waals surface area (Å²) >= 11 is 2.73. The zero-order valence-electron chi connectivity index (χ0n) is 16.8. The number of hydrogen-bond donors (Lipinski definition) is 3. The average molecular weight is 473 g/mol. The summed E-state index contributed by atoms with van der Waals surface area (Å²) < 4.78 is 0. The summed E-state index contributed by atoms with van der Waals surface area (Å²) in [6.07, 6.45) is 0.498. The van der Waals surface area contributed by atoms with Gasteiger partial charge in [0.25, 0.3) is 0 Å². The zero-order valence-corrected chi connectivity index (χ0v) is 18.4. The number of para-hydroxylation sites is 1. The smallest absolute Gasteiger partial charge is 0.305 e. The van der Waals surface area contributed by atoms with E-state index in [1.165, 1.54) is 0 Å². The minimum Gasteiger partial charge on any atom is -0.508 e. The van der Waals surface area contributed by atoms with Gasteiger partial charge in [-0.25, -0.2) is 0 Å². The Kier molecular flexibility index (Phi) is 4.36. The molecule has 1 aromatic heterocycles. The Morgan fingerprint density at radius 1 is 1.12 bits per heavy atom. The highest BCUT2D eigenvalue weighted by atomic mass is 32.2. The number of carboxylic acids is 1. The molecular weight excluding hydrogens is 452 g/mol. The van der Waals surface area contributed by atoms with Gasteiger partial charge >= 0.3 is 10.8 Å². The minimum absolute atomic E-state index is 0.00896. The fourth-order valence-corrected chi connectivity index (χ4v) is 9.48. The van der Waals surface area contributed by atoms with Gasteiger partial charge in [0.2, 0.25) is 11.8 Å². The van der Waals surface area contributed by atoms with Gasteiger partial charge in [-0.15, -0.1) is 11.8 Å². The van der Waals surface area contributed by atoms with Gasteiger partial charge in [-0.1, -0.05) is 29.5 Å². The summed E-state index contributed by atoms with van der Waals surface area (Å²) in [7, 11) is 0. The Balaban J connectivity index is 1.43. The topological polar surface area (TPSA) is 128 Å². The van der Waals surface area contributed by atoms with Gasteiger partial charge in [0.05, 0.1) is 23.3 Å². The van der Waals surface area contributed by atoms with E-state index in [0.29, 0.717) is 0 Å². The molecule has 0 spiro atoms. The second-order valence-corrected chi connectivity index (χ2v) is 11.2. The molecular formula is C22H20N2O6S2. The van der Waals surface area contributed by atoms with Crippen molar-refractivity contribution < 1.29 is 24.6 Å². The van der Waals surface area contributed by atoms with Crippen molar-refractivity contribution in [2.24, 2.45) is 29.6 Å². The van der Waals surface area contributed by atoms with Gasteiger partial charge in [0, 0.05) is 28.2 Å². The fourth-order valence-electron chi connectivity index (χ4n) is 6.61. The number of amides is 2. The van der Waals surface area contributed by atoms with E-state index in [1.54, 1.807) is 23.9 Å². The summed E-state index contributed by atoms with van der Waals surface area (Å²) in [5.41, 5.74) is 0.739. The molecule has 7 atom stereocenters. The van der Waals surface area contributed by atoms with Crippen molar-refractivity contribution >= 4 is 40.9 Å². The van der Waals surface area contributed by atoms with E-state index in [9.17, 15) is 24.3 Å². The maximum absolute atomic E-state index is 13.2. The molecule has 2 aromatic rings. The first-order valence-electron chi connectivity index (χ1n) is 10.6. The molecule has 2 aliphatic carbocycles. The standard InChI is InChI=1S/C22H20N2O6S2/c25-11-4-2-1-3-8(11)13-14-9-7-10(17(14)31-19-18(13)32-22(30)23-19)16-15(9)20(28)24(21(16)29)6-5-12(26)27/h1-4,9-10,13-17,25H,5-7H2,(H,23,30)(H,26,27). The van der Waals surface area contributed by atoms with Crippen LogP contribution < -0.4 is 4.87 Å². The van der Waals surface area contributed by atoms with Crippen molar-refractivity contribution in [2.75, 3.05) is 6.54 Å². The van der Waals surface area contributed by atoms with Crippen LogP contribution in [0.15, 0.2) is 34.1 Å². The van der Waals surface area contributed by atoms with Gasteiger partial charge in [-0.2, -0.15) is 0 Å².